The second-order valence-electron chi connectivity index (χ2n) is 6.88. The van der Waals surface area contributed by atoms with E-state index in [2.05, 4.69) is 9.97 Å². The number of para-hydroxylation sites is 1. The SMILES string of the molecule is Cc1ccc(-c2nc3ccccc3c(=O)[nH]2)cc1S(=O)(=O)N1CCCCC1. The second kappa shape index (κ2) is 6.90. The van der Waals surface area contributed by atoms with Crippen molar-refractivity contribution >= 4 is 20.9 Å². The zero-order valence-corrected chi connectivity index (χ0v) is 15.9. The van der Waals surface area contributed by atoms with E-state index in [0.717, 1.165) is 19.3 Å². The van der Waals surface area contributed by atoms with Gasteiger partial charge in [0.2, 0.25) is 10.0 Å². The zero-order valence-electron chi connectivity index (χ0n) is 15.1. The molecule has 1 fully saturated rings. The number of nitrogens with one attached hydrogen (secondary N) is 1. The largest absolute Gasteiger partial charge is 0.306 e. The maximum Gasteiger partial charge on any atom is 0.259 e. The molecule has 0 saturated carbocycles. The Morgan fingerprint density at radius 1 is 1.04 bits per heavy atom. The maximum atomic E-state index is 13.1. The number of fused-ring (bicyclic) bond motifs is 1. The van der Waals surface area contributed by atoms with E-state index in [1.807, 2.05) is 6.07 Å². The van der Waals surface area contributed by atoms with E-state index in [1.165, 1.54) is 0 Å². The molecule has 0 spiro atoms. The summed E-state index contributed by atoms with van der Waals surface area (Å²) in [5.74, 6) is 0.369. The van der Waals surface area contributed by atoms with Gasteiger partial charge in [0.15, 0.2) is 0 Å². The number of H-pyrrole nitrogens is 1. The number of hydrogen-bond acceptors (Lipinski definition) is 4. The first-order valence-electron chi connectivity index (χ1n) is 9.07. The molecule has 2 heterocycles. The van der Waals surface area contributed by atoms with Crippen LogP contribution in [0.2, 0.25) is 0 Å². The second-order valence-corrected chi connectivity index (χ2v) is 8.78. The maximum absolute atomic E-state index is 13.1. The summed E-state index contributed by atoms with van der Waals surface area (Å²) in [6, 6.07) is 12.3. The average molecular weight is 383 g/mol. The molecule has 0 amide bonds. The molecule has 1 aliphatic heterocycles. The zero-order chi connectivity index (χ0) is 19.0. The van der Waals surface area contributed by atoms with Gasteiger partial charge in [-0.2, -0.15) is 4.31 Å². The molecule has 0 unspecified atom stereocenters. The Morgan fingerprint density at radius 3 is 2.56 bits per heavy atom. The molecule has 1 aliphatic rings. The number of sulfonamides is 1. The summed E-state index contributed by atoms with van der Waals surface area (Å²) < 4.78 is 27.8. The molecule has 7 heteroatoms. The van der Waals surface area contributed by atoms with Crippen LogP contribution in [-0.4, -0.2) is 35.8 Å². The highest BCUT2D eigenvalue weighted by Crippen LogP contribution is 2.27. The van der Waals surface area contributed by atoms with Crippen LogP contribution in [0.15, 0.2) is 52.2 Å². The average Bonchev–Trinajstić information content (AvgIpc) is 2.69. The molecule has 3 aromatic rings. The van der Waals surface area contributed by atoms with Gasteiger partial charge in [0, 0.05) is 18.7 Å². The van der Waals surface area contributed by atoms with Crippen molar-refractivity contribution in [1.82, 2.24) is 14.3 Å². The summed E-state index contributed by atoms with van der Waals surface area (Å²) in [5, 5.41) is 0.509. The highest BCUT2D eigenvalue weighted by atomic mass is 32.2. The molecule has 0 aliphatic carbocycles. The molecule has 4 rings (SSSR count). The summed E-state index contributed by atoms with van der Waals surface area (Å²) in [4.78, 5) is 19.9. The van der Waals surface area contributed by atoms with Gasteiger partial charge in [0.1, 0.15) is 5.82 Å². The van der Waals surface area contributed by atoms with Crippen molar-refractivity contribution in [3.63, 3.8) is 0 Å². The quantitative estimate of drug-likeness (QED) is 0.753. The third-order valence-electron chi connectivity index (χ3n) is 5.01. The van der Waals surface area contributed by atoms with Gasteiger partial charge in [0.05, 0.1) is 15.8 Å². The van der Waals surface area contributed by atoms with Crippen molar-refractivity contribution in [3.05, 3.63) is 58.4 Å². The van der Waals surface area contributed by atoms with Crippen LogP contribution in [-0.2, 0) is 10.0 Å². The van der Waals surface area contributed by atoms with Crippen LogP contribution >= 0.6 is 0 Å². The van der Waals surface area contributed by atoms with E-state index in [4.69, 9.17) is 0 Å². The minimum absolute atomic E-state index is 0.239. The summed E-state index contributed by atoms with van der Waals surface area (Å²) in [7, 11) is -3.56. The van der Waals surface area contributed by atoms with Gasteiger partial charge >= 0.3 is 0 Å². The van der Waals surface area contributed by atoms with Crippen LogP contribution in [0.3, 0.4) is 0 Å². The standard InChI is InChI=1S/C20H21N3O3S/c1-14-9-10-15(13-18(14)27(25,26)23-11-5-2-6-12-23)19-21-17-8-4-3-7-16(17)20(24)22-19/h3-4,7-10,13H,2,5-6,11-12H2,1H3,(H,21,22,24). The monoisotopic (exact) mass is 383 g/mol. The van der Waals surface area contributed by atoms with Crippen LogP contribution in [0.4, 0.5) is 0 Å². The number of aromatic nitrogens is 2. The Labute approximate surface area is 157 Å². The topological polar surface area (TPSA) is 83.1 Å². The molecular formula is C20H21N3O3S. The molecule has 0 atom stereocenters. The lowest BCUT2D eigenvalue weighted by Crippen LogP contribution is -2.35. The Kier molecular flexibility index (Phi) is 4.57. The number of piperidine rings is 1. The predicted octanol–water partition coefficient (Wildman–Crippen LogP) is 3.07. The van der Waals surface area contributed by atoms with Gasteiger partial charge in [-0.3, -0.25) is 4.79 Å². The third-order valence-corrected chi connectivity index (χ3v) is 7.05. The Morgan fingerprint density at radius 2 is 1.78 bits per heavy atom. The minimum atomic E-state index is -3.56. The van der Waals surface area contributed by atoms with Crippen molar-refractivity contribution < 1.29 is 8.42 Å². The molecule has 1 saturated heterocycles. The van der Waals surface area contributed by atoms with Gasteiger partial charge < -0.3 is 4.98 Å². The van der Waals surface area contributed by atoms with Gasteiger partial charge in [-0.1, -0.05) is 30.7 Å². The highest BCUT2D eigenvalue weighted by molar-refractivity contribution is 7.89. The first-order valence-corrected chi connectivity index (χ1v) is 10.5. The van der Waals surface area contributed by atoms with Crippen LogP contribution < -0.4 is 5.56 Å². The fraction of sp³-hybridized carbons (Fsp3) is 0.300. The van der Waals surface area contributed by atoms with Crippen molar-refractivity contribution in [2.75, 3.05) is 13.1 Å². The molecule has 140 valence electrons. The van der Waals surface area contributed by atoms with Gasteiger partial charge in [-0.25, -0.2) is 13.4 Å². The lowest BCUT2D eigenvalue weighted by Gasteiger charge is -2.26. The van der Waals surface area contributed by atoms with E-state index >= 15 is 0 Å². The molecule has 1 aromatic heterocycles. The number of nitrogens with zero attached hydrogens (tertiary/aromatic N) is 2. The lowest BCUT2D eigenvalue weighted by atomic mass is 10.1. The van der Waals surface area contributed by atoms with Crippen molar-refractivity contribution in [2.24, 2.45) is 0 Å². The first kappa shape index (κ1) is 17.9. The van der Waals surface area contributed by atoms with Crippen molar-refractivity contribution in [3.8, 4) is 11.4 Å². The van der Waals surface area contributed by atoms with E-state index in [-0.39, 0.29) is 10.5 Å². The fourth-order valence-electron chi connectivity index (χ4n) is 3.49. The number of rotatable bonds is 3. The Bertz CT molecular complexity index is 1160. The number of hydrogen-bond donors (Lipinski definition) is 1. The summed E-state index contributed by atoms with van der Waals surface area (Å²) in [6.07, 6.45) is 2.84. The van der Waals surface area contributed by atoms with E-state index < -0.39 is 10.0 Å². The van der Waals surface area contributed by atoms with Gasteiger partial charge in [-0.05, 0) is 43.5 Å². The van der Waals surface area contributed by atoms with E-state index in [9.17, 15) is 13.2 Å². The summed E-state index contributed by atoms with van der Waals surface area (Å²) in [5.41, 5.74) is 1.61. The summed E-state index contributed by atoms with van der Waals surface area (Å²) in [6.45, 7) is 2.89. The molecule has 27 heavy (non-hydrogen) atoms. The van der Waals surface area contributed by atoms with E-state index in [1.54, 1.807) is 47.6 Å². The van der Waals surface area contributed by atoms with Crippen LogP contribution in [0.25, 0.3) is 22.3 Å². The smallest absolute Gasteiger partial charge is 0.259 e. The van der Waals surface area contributed by atoms with Gasteiger partial charge in [-0.15, -0.1) is 0 Å². The normalized spacial score (nSPS) is 15.9. The van der Waals surface area contributed by atoms with Gasteiger partial charge in [0.25, 0.3) is 5.56 Å². The molecule has 0 bridgehead atoms. The molecule has 6 nitrogen and oxygen atoms in total. The number of aromatic amines is 1. The van der Waals surface area contributed by atoms with Crippen LogP contribution in [0.1, 0.15) is 24.8 Å². The lowest BCUT2D eigenvalue weighted by molar-refractivity contribution is 0.346. The third kappa shape index (κ3) is 3.28. The Balaban J connectivity index is 1.82. The first-order chi connectivity index (χ1) is 13.0. The summed E-state index contributed by atoms with van der Waals surface area (Å²) >= 11 is 0. The number of benzene rings is 2. The van der Waals surface area contributed by atoms with E-state index in [0.29, 0.717) is 40.9 Å². The molecule has 0 radical (unpaired) electrons. The molecule has 1 N–H and O–H groups in total. The minimum Gasteiger partial charge on any atom is -0.306 e. The highest BCUT2D eigenvalue weighted by Gasteiger charge is 2.27. The molecular weight excluding hydrogens is 362 g/mol. The van der Waals surface area contributed by atoms with Crippen molar-refractivity contribution in [1.29, 1.82) is 0 Å². The van der Waals surface area contributed by atoms with Crippen molar-refractivity contribution in [2.45, 2.75) is 31.1 Å². The Hall–Kier alpha value is -2.51. The molecule has 2 aromatic carbocycles. The number of aryl methyl sites for hydroxylation is 1. The van der Waals surface area contributed by atoms with Crippen LogP contribution in [0, 0.1) is 6.92 Å². The predicted molar refractivity (Wildman–Crippen MR) is 105 cm³/mol. The fourth-order valence-corrected chi connectivity index (χ4v) is 5.26. The van der Waals surface area contributed by atoms with Crippen LogP contribution in [0.5, 0.6) is 0 Å².